The highest BCUT2D eigenvalue weighted by Gasteiger charge is 2.24. The van der Waals surface area contributed by atoms with E-state index >= 15 is 0 Å². The molecule has 1 aliphatic rings. The lowest BCUT2D eigenvalue weighted by Gasteiger charge is -2.07. The molecule has 3 aromatic carbocycles. The first-order chi connectivity index (χ1) is 15.1. The zero-order valence-corrected chi connectivity index (χ0v) is 16.2. The zero-order valence-electron chi connectivity index (χ0n) is 16.2. The Bertz CT molecular complexity index is 1140. The quantitative estimate of drug-likeness (QED) is 0.388. The predicted molar refractivity (Wildman–Crippen MR) is 111 cm³/mol. The number of hydrogen-bond donors (Lipinski definition) is 0. The van der Waals surface area contributed by atoms with Gasteiger partial charge in [-0.25, -0.2) is 9.79 Å². The van der Waals surface area contributed by atoms with Gasteiger partial charge >= 0.3 is 12.6 Å². The Balaban J connectivity index is 1.51. The molecule has 0 amide bonds. The molecule has 1 aliphatic heterocycles. The van der Waals surface area contributed by atoms with Crippen molar-refractivity contribution in [2.75, 3.05) is 0 Å². The van der Waals surface area contributed by atoms with Crippen molar-refractivity contribution in [1.29, 1.82) is 0 Å². The molecular formula is C24H17F2NO4. The number of ether oxygens (including phenoxy) is 3. The van der Waals surface area contributed by atoms with Crippen LogP contribution >= 0.6 is 0 Å². The Morgan fingerprint density at radius 1 is 0.935 bits per heavy atom. The van der Waals surface area contributed by atoms with Gasteiger partial charge in [0.2, 0.25) is 5.90 Å². The van der Waals surface area contributed by atoms with E-state index < -0.39 is 12.6 Å². The van der Waals surface area contributed by atoms with Gasteiger partial charge in [-0.05, 0) is 47.5 Å². The van der Waals surface area contributed by atoms with Crippen molar-refractivity contribution >= 4 is 17.9 Å². The normalized spacial score (nSPS) is 14.5. The molecule has 0 atom stereocenters. The van der Waals surface area contributed by atoms with Crippen molar-refractivity contribution in [2.24, 2.45) is 4.99 Å². The van der Waals surface area contributed by atoms with Gasteiger partial charge in [0.25, 0.3) is 0 Å². The number of rotatable bonds is 7. The molecule has 3 aromatic rings. The maximum Gasteiger partial charge on any atom is 0.387 e. The molecule has 1 heterocycles. The Hall–Kier alpha value is -4.00. The summed E-state index contributed by atoms with van der Waals surface area (Å²) in [7, 11) is 0. The van der Waals surface area contributed by atoms with Crippen LogP contribution in [0.5, 0.6) is 11.5 Å². The summed E-state index contributed by atoms with van der Waals surface area (Å²) >= 11 is 0. The molecule has 0 saturated heterocycles. The Morgan fingerprint density at radius 2 is 1.71 bits per heavy atom. The first-order valence-corrected chi connectivity index (χ1v) is 9.41. The largest absolute Gasteiger partial charge is 0.489 e. The summed E-state index contributed by atoms with van der Waals surface area (Å²) < 4.78 is 40.2. The van der Waals surface area contributed by atoms with E-state index in [9.17, 15) is 13.6 Å². The van der Waals surface area contributed by atoms with E-state index in [2.05, 4.69) is 9.73 Å². The van der Waals surface area contributed by atoms with Gasteiger partial charge in [-0.3, -0.25) is 0 Å². The van der Waals surface area contributed by atoms with Crippen molar-refractivity contribution in [3.8, 4) is 11.5 Å². The number of alkyl halides is 2. The molecule has 0 aromatic heterocycles. The number of cyclic esters (lactones) is 1. The number of benzene rings is 3. The average Bonchev–Trinajstić information content (AvgIpc) is 3.13. The Labute approximate surface area is 177 Å². The van der Waals surface area contributed by atoms with Gasteiger partial charge in [0, 0.05) is 5.56 Å². The molecule has 0 spiro atoms. The second-order valence-electron chi connectivity index (χ2n) is 6.59. The van der Waals surface area contributed by atoms with Gasteiger partial charge in [0.05, 0.1) is 0 Å². The highest BCUT2D eigenvalue weighted by Crippen LogP contribution is 2.24. The second kappa shape index (κ2) is 9.21. The van der Waals surface area contributed by atoms with E-state index in [-0.39, 0.29) is 17.3 Å². The van der Waals surface area contributed by atoms with Crippen LogP contribution in [-0.4, -0.2) is 18.5 Å². The molecule has 0 fully saturated rings. The van der Waals surface area contributed by atoms with Gasteiger partial charge in [-0.1, -0.05) is 48.5 Å². The van der Waals surface area contributed by atoms with Gasteiger partial charge in [0.1, 0.15) is 18.1 Å². The minimum atomic E-state index is -2.95. The van der Waals surface area contributed by atoms with Crippen molar-refractivity contribution in [2.45, 2.75) is 13.2 Å². The second-order valence-corrected chi connectivity index (χ2v) is 6.59. The van der Waals surface area contributed by atoms with Gasteiger partial charge in [-0.15, -0.1) is 0 Å². The molecule has 0 unspecified atom stereocenters. The molecule has 0 N–H and O–H groups in total. The van der Waals surface area contributed by atoms with E-state index in [0.717, 1.165) is 5.56 Å². The van der Waals surface area contributed by atoms with Crippen LogP contribution in [-0.2, 0) is 16.1 Å². The molecule has 0 bridgehead atoms. The number of carbonyl (C=O) groups is 1. The van der Waals surface area contributed by atoms with E-state index in [1.807, 2.05) is 42.5 Å². The minimum absolute atomic E-state index is 0.0208. The van der Waals surface area contributed by atoms with Crippen LogP contribution in [0.15, 0.2) is 89.6 Å². The number of nitrogens with zero attached hydrogens (tertiary/aromatic N) is 1. The van der Waals surface area contributed by atoms with Crippen molar-refractivity contribution in [1.82, 2.24) is 0 Å². The molecule has 0 aliphatic carbocycles. The first kappa shape index (κ1) is 20.3. The Morgan fingerprint density at radius 3 is 2.52 bits per heavy atom. The van der Waals surface area contributed by atoms with Gasteiger partial charge in [-0.2, -0.15) is 8.78 Å². The fourth-order valence-corrected chi connectivity index (χ4v) is 2.93. The number of halogens is 2. The lowest BCUT2D eigenvalue weighted by molar-refractivity contribution is -0.129. The summed E-state index contributed by atoms with van der Waals surface area (Å²) in [6.07, 6.45) is 1.57. The highest BCUT2D eigenvalue weighted by molar-refractivity contribution is 6.13. The van der Waals surface area contributed by atoms with Crippen LogP contribution in [0, 0.1) is 0 Å². The third kappa shape index (κ3) is 5.33. The highest BCUT2D eigenvalue weighted by atomic mass is 19.3. The lowest BCUT2D eigenvalue weighted by atomic mass is 10.2. The summed E-state index contributed by atoms with van der Waals surface area (Å²) in [6.45, 7) is -2.53. The smallest absolute Gasteiger partial charge is 0.387 e. The van der Waals surface area contributed by atoms with E-state index in [4.69, 9.17) is 9.47 Å². The van der Waals surface area contributed by atoms with Crippen molar-refractivity contribution in [3.05, 3.63) is 101 Å². The number of aliphatic imine (C=N–C) groups is 1. The van der Waals surface area contributed by atoms with Crippen LogP contribution in [0.1, 0.15) is 16.7 Å². The van der Waals surface area contributed by atoms with Crippen LogP contribution in [0.2, 0.25) is 0 Å². The summed E-state index contributed by atoms with van der Waals surface area (Å²) in [6, 6.07) is 22.8. The maximum atomic E-state index is 12.4. The fraction of sp³-hybridized carbons (Fsp3) is 0.0833. The lowest BCUT2D eigenvalue weighted by Crippen LogP contribution is -2.07. The summed E-state index contributed by atoms with van der Waals surface area (Å²) in [4.78, 5) is 16.4. The van der Waals surface area contributed by atoms with Gasteiger partial charge in [0.15, 0.2) is 5.70 Å². The summed E-state index contributed by atoms with van der Waals surface area (Å²) in [5, 5.41) is 0. The molecule has 5 nitrogen and oxygen atoms in total. The van der Waals surface area contributed by atoms with Crippen LogP contribution < -0.4 is 9.47 Å². The standard InChI is InChI=1S/C24H17F2NO4/c25-24(26)30-20-11-5-9-18(14-20)22-27-21(23(28)31-22)13-17-8-4-10-19(12-17)29-15-16-6-2-1-3-7-16/h1-14,24H,15H2/b21-13+. The maximum absolute atomic E-state index is 12.4. The van der Waals surface area contributed by atoms with Crippen LogP contribution in [0.3, 0.4) is 0 Å². The Kier molecular flexibility index (Phi) is 6.03. The fourth-order valence-electron chi connectivity index (χ4n) is 2.93. The third-order valence-corrected chi connectivity index (χ3v) is 4.34. The number of esters is 1. The molecule has 7 heteroatoms. The van der Waals surface area contributed by atoms with Crippen molar-refractivity contribution < 1.29 is 27.8 Å². The molecule has 0 saturated carbocycles. The zero-order chi connectivity index (χ0) is 21.6. The topological polar surface area (TPSA) is 57.1 Å². The summed E-state index contributed by atoms with van der Waals surface area (Å²) in [5.41, 5.74) is 2.19. The van der Waals surface area contributed by atoms with E-state index in [1.54, 1.807) is 24.3 Å². The monoisotopic (exact) mass is 421 g/mol. The van der Waals surface area contributed by atoms with E-state index in [1.165, 1.54) is 18.2 Å². The number of carbonyl (C=O) groups excluding carboxylic acids is 1. The van der Waals surface area contributed by atoms with Crippen molar-refractivity contribution in [3.63, 3.8) is 0 Å². The first-order valence-electron chi connectivity index (χ1n) is 9.41. The third-order valence-electron chi connectivity index (χ3n) is 4.34. The SMILES string of the molecule is O=C1OC(c2cccc(OC(F)F)c2)=N/C1=C/c1cccc(OCc2ccccc2)c1. The van der Waals surface area contributed by atoms with Crippen LogP contribution in [0.4, 0.5) is 8.78 Å². The predicted octanol–water partition coefficient (Wildman–Crippen LogP) is 5.21. The average molecular weight is 421 g/mol. The molecule has 31 heavy (non-hydrogen) atoms. The molecule has 156 valence electrons. The van der Waals surface area contributed by atoms with Gasteiger partial charge < -0.3 is 14.2 Å². The minimum Gasteiger partial charge on any atom is -0.489 e. The molecule has 0 radical (unpaired) electrons. The molecule has 4 rings (SSSR count). The van der Waals surface area contributed by atoms with E-state index in [0.29, 0.717) is 23.5 Å². The molecular weight excluding hydrogens is 404 g/mol. The van der Waals surface area contributed by atoms with Crippen LogP contribution in [0.25, 0.3) is 6.08 Å². The number of hydrogen-bond acceptors (Lipinski definition) is 5. The summed E-state index contributed by atoms with van der Waals surface area (Å²) in [5.74, 6) is -0.0178.